The van der Waals surface area contributed by atoms with Gasteiger partial charge in [-0.1, -0.05) is 23.7 Å². The maximum absolute atomic E-state index is 13.8. The monoisotopic (exact) mass is 285 g/mol. The molecular weight excluding hydrogens is 272 g/mol. The molecule has 0 radical (unpaired) electrons. The van der Waals surface area contributed by atoms with Crippen molar-refractivity contribution < 1.29 is 8.78 Å². The summed E-state index contributed by atoms with van der Waals surface area (Å²) in [6.45, 7) is 3.81. The molecule has 0 saturated heterocycles. The number of rotatable bonds is 3. The van der Waals surface area contributed by atoms with Crippen molar-refractivity contribution in [2.24, 2.45) is 5.73 Å². The van der Waals surface area contributed by atoms with E-state index in [1.807, 2.05) is 13.8 Å². The summed E-state index contributed by atoms with van der Waals surface area (Å²) in [5.41, 5.74) is 6.55. The number of halogens is 3. The molecule has 2 rings (SSSR count). The highest BCUT2D eigenvalue weighted by atomic mass is 35.5. The van der Waals surface area contributed by atoms with Gasteiger partial charge in [0, 0.05) is 11.6 Å². The lowest BCUT2D eigenvalue weighted by atomic mass is 10.0. The molecule has 1 heterocycles. The molecule has 1 aromatic carbocycles. The zero-order valence-electron chi connectivity index (χ0n) is 10.6. The Labute approximate surface area is 115 Å². The maximum Gasteiger partial charge on any atom is 0.163 e. The van der Waals surface area contributed by atoms with E-state index >= 15 is 0 Å². The molecule has 0 amide bonds. The van der Waals surface area contributed by atoms with E-state index in [0.717, 1.165) is 6.07 Å². The number of nitrogens with zero attached hydrogens (tertiary/aromatic N) is 2. The molecule has 1 aromatic heterocycles. The zero-order chi connectivity index (χ0) is 14.2. The summed E-state index contributed by atoms with van der Waals surface area (Å²) < 4.78 is 28.6. The van der Waals surface area contributed by atoms with Crippen molar-refractivity contribution in [1.82, 2.24) is 9.78 Å². The summed E-state index contributed by atoms with van der Waals surface area (Å²) in [5, 5.41) is 4.44. The quantitative estimate of drug-likeness (QED) is 0.939. The predicted octanol–water partition coefficient (Wildman–Crippen LogP) is 3.44. The second kappa shape index (κ2) is 5.27. The Morgan fingerprint density at radius 1 is 1.32 bits per heavy atom. The van der Waals surface area contributed by atoms with Gasteiger partial charge in [0.25, 0.3) is 0 Å². The van der Waals surface area contributed by atoms with Crippen LogP contribution in [0.2, 0.25) is 5.02 Å². The first-order chi connectivity index (χ1) is 8.93. The van der Waals surface area contributed by atoms with E-state index in [0.29, 0.717) is 10.7 Å². The van der Waals surface area contributed by atoms with Crippen LogP contribution in [-0.2, 0) is 0 Å². The molecular formula is C13H14ClF2N3. The Balaban J connectivity index is 2.53. The van der Waals surface area contributed by atoms with E-state index in [2.05, 4.69) is 5.10 Å². The van der Waals surface area contributed by atoms with Gasteiger partial charge in [-0.05, 0) is 19.9 Å². The molecule has 0 fully saturated rings. The van der Waals surface area contributed by atoms with Gasteiger partial charge >= 0.3 is 0 Å². The molecule has 1 atom stereocenters. The highest BCUT2D eigenvalue weighted by Crippen LogP contribution is 2.30. The Bertz CT molecular complexity index is 596. The van der Waals surface area contributed by atoms with Crippen LogP contribution in [0.15, 0.2) is 24.4 Å². The van der Waals surface area contributed by atoms with Crippen molar-refractivity contribution in [3.05, 3.63) is 52.3 Å². The van der Waals surface area contributed by atoms with Crippen LogP contribution in [0.25, 0.3) is 0 Å². The van der Waals surface area contributed by atoms with Gasteiger partial charge in [0.05, 0.1) is 23.0 Å². The lowest BCUT2D eigenvalue weighted by molar-refractivity contribution is 0.475. The van der Waals surface area contributed by atoms with Crippen LogP contribution < -0.4 is 5.73 Å². The number of nitrogens with two attached hydrogens (primary N) is 1. The third kappa shape index (κ3) is 2.48. The predicted molar refractivity (Wildman–Crippen MR) is 70.0 cm³/mol. The van der Waals surface area contributed by atoms with Crippen molar-refractivity contribution >= 4 is 11.6 Å². The summed E-state index contributed by atoms with van der Waals surface area (Å²) in [6, 6.07) is 3.06. The number of hydrogen-bond acceptors (Lipinski definition) is 2. The topological polar surface area (TPSA) is 43.8 Å². The van der Waals surface area contributed by atoms with Gasteiger partial charge < -0.3 is 5.73 Å². The van der Waals surface area contributed by atoms with Crippen LogP contribution >= 0.6 is 11.6 Å². The lowest BCUT2D eigenvalue weighted by Gasteiger charge is -2.18. The van der Waals surface area contributed by atoms with Crippen molar-refractivity contribution in [3.63, 3.8) is 0 Å². The van der Waals surface area contributed by atoms with Gasteiger partial charge in [0.1, 0.15) is 0 Å². The summed E-state index contributed by atoms with van der Waals surface area (Å²) in [5.74, 6) is -1.89. The normalized spacial score (nSPS) is 13.0. The highest BCUT2D eigenvalue weighted by Gasteiger charge is 2.23. The van der Waals surface area contributed by atoms with Crippen LogP contribution in [-0.4, -0.2) is 9.78 Å². The fourth-order valence-corrected chi connectivity index (χ4v) is 2.21. The molecule has 3 nitrogen and oxygen atoms in total. The molecule has 1 unspecified atom stereocenters. The van der Waals surface area contributed by atoms with E-state index in [-0.39, 0.29) is 11.6 Å². The lowest BCUT2D eigenvalue weighted by Crippen LogP contribution is -2.20. The Kier molecular flexibility index (Phi) is 3.87. The first kappa shape index (κ1) is 14.0. The van der Waals surface area contributed by atoms with E-state index in [4.69, 9.17) is 17.3 Å². The van der Waals surface area contributed by atoms with Gasteiger partial charge in [0.2, 0.25) is 0 Å². The number of aromatic nitrogens is 2. The van der Waals surface area contributed by atoms with Gasteiger partial charge in [0.15, 0.2) is 11.6 Å². The van der Waals surface area contributed by atoms with Crippen molar-refractivity contribution in [1.29, 1.82) is 0 Å². The molecule has 2 aromatic rings. The first-order valence-corrected chi connectivity index (χ1v) is 6.23. The molecule has 0 aliphatic rings. The fraction of sp³-hybridized carbons (Fsp3) is 0.308. The second-order valence-electron chi connectivity index (χ2n) is 4.54. The standard InChI is InChI=1S/C13H14ClF2N3/c1-7(2)19-13(9(14)6-18-19)12(17)8-4-3-5-10(15)11(8)16/h3-7,12H,17H2,1-2H3. The first-order valence-electron chi connectivity index (χ1n) is 5.86. The molecule has 6 heteroatoms. The molecule has 102 valence electrons. The zero-order valence-corrected chi connectivity index (χ0v) is 11.3. The van der Waals surface area contributed by atoms with Crippen LogP contribution in [0.3, 0.4) is 0 Å². The van der Waals surface area contributed by atoms with Crippen molar-refractivity contribution in [2.75, 3.05) is 0 Å². The van der Waals surface area contributed by atoms with Crippen molar-refractivity contribution in [3.8, 4) is 0 Å². The molecule has 0 aliphatic heterocycles. The number of hydrogen-bond donors (Lipinski definition) is 1. The molecule has 2 N–H and O–H groups in total. The van der Waals surface area contributed by atoms with Crippen LogP contribution in [0, 0.1) is 11.6 Å². The molecule has 19 heavy (non-hydrogen) atoms. The van der Waals surface area contributed by atoms with Crippen LogP contribution in [0.5, 0.6) is 0 Å². The Morgan fingerprint density at radius 2 is 2.00 bits per heavy atom. The van der Waals surface area contributed by atoms with E-state index < -0.39 is 17.7 Å². The highest BCUT2D eigenvalue weighted by molar-refractivity contribution is 6.31. The average Bonchev–Trinajstić information content (AvgIpc) is 2.74. The van der Waals surface area contributed by atoms with Gasteiger partial charge in [-0.2, -0.15) is 5.10 Å². The van der Waals surface area contributed by atoms with Crippen molar-refractivity contribution in [2.45, 2.75) is 25.9 Å². The fourth-order valence-electron chi connectivity index (χ4n) is 1.96. The van der Waals surface area contributed by atoms with Crippen LogP contribution in [0.1, 0.15) is 37.2 Å². The van der Waals surface area contributed by atoms with Gasteiger partial charge in [-0.25, -0.2) is 8.78 Å². The van der Waals surface area contributed by atoms with Gasteiger partial charge in [-0.3, -0.25) is 4.68 Å². The minimum atomic E-state index is -0.956. The third-order valence-electron chi connectivity index (χ3n) is 2.89. The maximum atomic E-state index is 13.8. The molecule has 0 spiro atoms. The summed E-state index contributed by atoms with van der Waals surface area (Å²) in [4.78, 5) is 0. The molecule has 0 bridgehead atoms. The Hall–Kier alpha value is -1.46. The Morgan fingerprint density at radius 3 is 2.63 bits per heavy atom. The summed E-state index contributed by atoms with van der Waals surface area (Å²) in [6.07, 6.45) is 1.45. The van der Waals surface area contributed by atoms with E-state index in [9.17, 15) is 8.78 Å². The molecule has 0 saturated carbocycles. The summed E-state index contributed by atoms with van der Waals surface area (Å²) >= 11 is 6.05. The number of benzene rings is 1. The van der Waals surface area contributed by atoms with Crippen LogP contribution in [0.4, 0.5) is 8.78 Å². The minimum Gasteiger partial charge on any atom is -0.319 e. The minimum absolute atomic E-state index is 0.0187. The largest absolute Gasteiger partial charge is 0.319 e. The molecule has 0 aliphatic carbocycles. The van der Waals surface area contributed by atoms with Gasteiger partial charge in [-0.15, -0.1) is 0 Å². The van der Waals surface area contributed by atoms with E-state index in [1.165, 1.54) is 18.3 Å². The average molecular weight is 286 g/mol. The second-order valence-corrected chi connectivity index (χ2v) is 4.94. The SMILES string of the molecule is CC(C)n1ncc(Cl)c1C(N)c1cccc(F)c1F. The summed E-state index contributed by atoms with van der Waals surface area (Å²) in [7, 11) is 0. The smallest absolute Gasteiger partial charge is 0.163 e. The third-order valence-corrected chi connectivity index (χ3v) is 3.18. The van der Waals surface area contributed by atoms with E-state index in [1.54, 1.807) is 4.68 Å².